The van der Waals surface area contributed by atoms with Crippen LogP contribution in [0.3, 0.4) is 0 Å². The summed E-state index contributed by atoms with van der Waals surface area (Å²) in [5, 5.41) is 10.9. The van der Waals surface area contributed by atoms with Gasteiger partial charge in [0.15, 0.2) is 0 Å². The Morgan fingerprint density at radius 2 is 1.71 bits per heavy atom. The number of sulfonamides is 1. The number of anilines is 2. The van der Waals surface area contributed by atoms with Crippen molar-refractivity contribution in [2.45, 2.75) is 24.8 Å². The van der Waals surface area contributed by atoms with Crippen molar-refractivity contribution in [1.82, 2.24) is 0 Å². The fourth-order valence-corrected chi connectivity index (χ4v) is 2.79. The van der Waals surface area contributed by atoms with Gasteiger partial charge in [-0.15, -0.1) is 0 Å². The molecule has 0 heterocycles. The molecular weight excluding hydrogens is 394 g/mol. The second-order valence-electron chi connectivity index (χ2n) is 5.39. The molecule has 0 aromatic heterocycles. The predicted molar refractivity (Wildman–Crippen MR) is 98.4 cm³/mol. The average Bonchev–Trinajstić information content (AvgIpc) is 2.50. The maximum Gasteiger partial charge on any atom is 0.246 e. The molecule has 0 spiro atoms. The molecule has 1 atom stereocenters. The van der Waals surface area contributed by atoms with Crippen LogP contribution in [0.25, 0.3) is 0 Å². The molecule has 2 aromatic carbocycles. The molecule has 0 unspecified atom stereocenters. The highest BCUT2D eigenvalue weighted by Gasteiger charge is 2.14. The minimum Gasteiger partial charge on any atom is -0.374 e. The van der Waals surface area contributed by atoms with Gasteiger partial charge in [0.05, 0.1) is 4.90 Å². The van der Waals surface area contributed by atoms with E-state index in [9.17, 15) is 13.2 Å². The van der Waals surface area contributed by atoms with Gasteiger partial charge in [-0.25, -0.2) is 13.6 Å². The first kappa shape index (κ1) is 18.4. The number of hydrogen-bond acceptors (Lipinski definition) is 4. The van der Waals surface area contributed by atoms with E-state index in [1.54, 1.807) is 6.92 Å². The van der Waals surface area contributed by atoms with Crippen LogP contribution in [0.5, 0.6) is 0 Å². The molecule has 0 fully saturated rings. The summed E-state index contributed by atoms with van der Waals surface area (Å²) in [4.78, 5) is 12.2. The SMILES string of the molecule is Cc1cc(N[C@@H](C)C(=O)Nc2ccc(S(N)(=O)=O)cc2)ccc1Br. The van der Waals surface area contributed by atoms with Gasteiger partial charge in [0.2, 0.25) is 15.9 Å². The average molecular weight is 412 g/mol. The lowest BCUT2D eigenvalue weighted by atomic mass is 10.2. The van der Waals surface area contributed by atoms with Crippen molar-refractivity contribution < 1.29 is 13.2 Å². The third kappa shape index (κ3) is 4.80. The Bertz CT molecular complexity index is 851. The molecule has 1 amide bonds. The van der Waals surface area contributed by atoms with E-state index in [4.69, 9.17) is 5.14 Å². The molecule has 2 rings (SSSR count). The van der Waals surface area contributed by atoms with Crippen LogP contribution in [0.2, 0.25) is 0 Å². The number of carbonyl (C=O) groups is 1. The molecule has 0 aliphatic rings. The molecule has 0 aliphatic heterocycles. The molecule has 8 heteroatoms. The highest BCUT2D eigenvalue weighted by Crippen LogP contribution is 2.21. The minimum atomic E-state index is -3.74. The molecule has 2 aromatic rings. The van der Waals surface area contributed by atoms with Gasteiger partial charge in [-0.1, -0.05) is 15.9 Å². The van der Waals surface area contributed by atoms with Gasteiger partial charge in [0, 0.05) is 15.8 Å². The zero-order valence-corrected chi connectivity index (χ0v) is 15.6. The summed E-state index contributed by atoms with van der Waals surface area (Å²) >= 11 is 3.43. The van der Waals surface area contributed by atoms with E-state index < -0.39 is 16.1 Å². The van der Waals surface area contributed by atoms with Crippen molar-refractivity contribution in [3.63, 3.8) is 0 Å². The van der Waals surface area contributed by atoms with E-state index in [0.29, 0.717) is 5.69 Å². The van der Waals surface area contributed by atoms with Crippen molar-refractivity contribution >= 4 is 43.2 Å². The van der Waals surface area contributed by atoms with Crippen LogP contribution < -0.4 is 15.8 Å². The Kier molecular flexibility index (Phi) is 5.63. The van der Waals surface area contributed by atoms with Crippen LogP contribution in [0, 0.1) is 6.92 Å². The molecule has 128 valence electrons. The van der Waals surface area contributed by atoms with Crippen molar-refractivity contribution in [3.8, 4) is 0 Å². The van der Waals surface area contributed by atoms with Gasteiger partial charge in [0.25, 0.3) is 0 Å². The zero-order chi connectivity index (χ0) is 17.9. The van der Waals surface area contributed by atoms with E-state index in [0.717, 1.165) is 15.7 Å². The first-order chi connectivity index (χ1) is 11.2. The second-order valence-corrected chi connectivity index (χ2v) is 7.80. The number of amides is 1. The molecule has 0 bridgehead atoms. The fourth-order valence-electron chi connectivity index (χ4n) is 2.03. The molecule has 0 radical (unpaired) electrons. The number of aryl methyl sites for hydroxylation is 1. The second kappa shape index (κ2) is 7.33. The number of halogens is 1. The summed E-state index contributed by atoms with van der Waals surface area (Å²) in [5.74, 6) is -0.237. The molecule has 4 N–H and O–H groups in total. The molecule has 6 nitrogen and oxygen atoms in total. The molecule has 0 saturated heterocycles. The standard InChI is InChI=1S/C16H18BrN3O3S/c1-10-9-13(5-8-15(10)17)19-11(2)16(21)20-12-3-6-14(7-4-12)24(18,22)23/h3-9,11,19H,1-2H3,(H,20,21)(H2,18,22,23)/t11-/m0/s1. The van der Waals surface area contributed by atoms with Gasteiger partial charge >= 0.3 is 0 Å². The topological polar surface area (TPSA) is 101 Å². The van der Waals surface area contributed by atoms with Gasteiger partial charge in [-0.3, -0.25) is 4.79 Å². The van der Waals surface area contributed by atoms with E-state index in [-0.39, 0.29) is 10.8 Å². The normalized spacial score (nSPS) is 12.5. The lowest BCUT2D eigenvalue weighted by Crippen LogP contribution is -2.31. The van der Waals surface area contributed by atoms with Crippen LogP contribution in [0.15, 0.2) is 51.8 Å². The number of nitrogens with one attached hydrogen (secondary N) is 2. The third-order valence-electron chi connectivity index (χ3n) is 3.38. The van der Waals surface area contributed by atoms with Gasteiger partial charge in [-0.2, -0.15) is 0 Å². The summed E-state index contributed by atoms with van der Waals surface area (Å²) in [5.41, 5.74) is 2.39. The fraction of sp³-hybridized carbons (Fsp3) is 0.188. The minimum absolute atomic E-state index is 0.00277. The van der Waals surface area contributed by atoms with Crippen LogP contribution in [-0.2, 0) is 14.8 Å². The summed E-state index contributed by atoms with van der Waals surface area (Å²) in [6.07, 6.45) is 0. The Balaban J connectivity index is 2.02. The Labute approximate surface area is 149 Å². The van der Waals surface area contributed by atoms with Crippen molar-refractivity contribution in [3.05, 3.63) is 52.5 Å². The monoisotopic (exact) mass is 411 g/mol. The first-order valence-corrected chi connectivity index (χ1v) is 9.47. The maximum atomic E-state index is 12.2. The lowest BCUT2D eigenvalue weighted by Gasteiger charge is -2.16. The zero-order valence-electron chi connectivity index (χ0n) is 13.2. The van der Waals surface area contributed by atoms with Crippen LogP contribution in [-0.4, -0.2) is 20.4 Å². The quantitative estimate of drug-likeness (QED) is 0.703. The summed E-state index contributed by atoms with van der Waals surface area (Å²) in [7, 11) is -3.74. The summed E-state index contributed by atoms with van der Waals surface area (Å²) < 4.78 is 23.4. The van der Waals surface area contributed by atoms with E-state index in [1.807, 2.05) is 25.1 Å². The number of benzene rings is 2. The summed E-state index contributed by atoms with van der Waals surface area (Å²) in [6.45, 7) is 3.71. The third-order valence-corrected chi connectivity index (χ3v) is 5.20. The number of rotatable bonds is 5. The highest BCUT2D eigenvalue weighted by atomic mass is 79.9. The van der Waals surface area contributed by atoms with Crippen molar-refractivity contribution in [2.75, 3.05) is 10.6 Å². The largest absolute Gasteiger partial charge is 0.374 e. The number of hydrogen-bond donors (Lipinski definition) is 3. The first-order valence-electron chi connectivity index (χ1n) is 7.13. The number of carbonyl (C=O) groups excluding carboxylic acids is 1. The Morgan fingerprint density at radius 1 is 1.12 bits per heavy atom. The Hall–Kier alpha value is -1.90. The van der Waals surface area contributed by atoms with E-state index >= 15 is 0 Å². The van der Waals surface area contributed by atoms with Gasteiger partial charge in [-0.05, 0) is 61.9 Å². The Morgan fingerprint density at radius 3 is 2.25 bits per heavy atom. The molecule has 24 heavy (non-hydrogen) atoms. The molecule has 0 aliphatic carbocycles. The molecule has 0 saturated carbocycles. The highest BCUT2D eigenvalue weighted by molar-refractivity contribution is 9.10. The van der Waals surface area contributed by atoms with Crippen LogP contribution in [0.4, 0.5) is 11.4 Å². The summed E-state index contributed by atoms with van der Waals surface area (Å²) in [6, 6.07) is 10.9. The smallest absolute Gasteiger partial charge is 0.246 e. The lowest BCUT2D eigenvalue weighted by molar-refractivity contribution is -0.116. The van der Waals surface area contributed by atoms with Crippen molar-refractivity contribution in [2.24, 2.45) is 5.14 Å². The number of nitrogens with two attached hydrogens (primary N) is 1. The van der Waals surface area contributed by atoms with Crippen LogP contribution >= 0.6 is 15.9 Å². The molecular formula is C16H18BrN3O3S. The maximum absolute atomic E-state index is 12.2. The van der Waals surface area contributed by atoms with Crippen LogP contribution in [0.1, 0.15) is 12.5 Å². The van der Waals surface area contributed by atoms with Crippen molar-refractivity contribution in [1.29, 1.82) is 0 Å². The predicted octanol–water partition coefficient (Wildman–Crippen LogP) is 2.84. The van der Waals surface area contributed by atoms with Gasteiger partial charge < -0.3 is 10.6 Å². The van der Waals surface area contributed by atoms with E-state index in [1.165, 1.54) is 24.3 Å². The van der Waals surface area contributed by atoms with E-state index in [2.05, 4.69) is 26.6 Å². The van der Waals surface area contributed by atoms with Gasteiger partial charge in [0.1, 0.15) is 6.04 Å². The number of primary sulfonamides is 1.